The van der Waals surface area contributed by atoms with E-state index in [1.807, 2.05) is 22.6 Å². The van der Waals surface area contributed by atoms with Crippen LogP contribution in [0.15, 0.2) is 18.5 Å². The van der Waals surface area contributed by atoms with Gasteiger partial charge in [0.15, 0.2) is 0 Å². The summed E-state index contributed by atoms with van der Waals surface area (Å²) in [6.45, 7) is 0. The first kappa shape index (κ1) is 13.8. The van der Waals surface area contributed by atoms with Gasteiger partial charge in [-0.1, -0.05) is 0 Å². The standard InChI is InChI=1S/C9H4ClFIN5O2/c10-8-13-3-14-9(16-8)15-6-2-7(17(18)19)4(11)1-5(6)12/h1-3H,(H,13,14,15,16). The molecule has 2 rings (SSSR count). The monoisotopic (exact) mass is 395 g/mol. The van der Waals surface area contributed by atoms with Gasteiger partial charge in [-0.15, -0.1) is 0 Å². The van der Waals surface area contributed by atoms with Gasteiger partial charge in [-0.3, -0.25) is 10.1 Å². The number of benzene rings is 1. The number of hydrogen-bond donors (Lipinski definition) is 1. The van der Waals surface area contributed by atoms with Gasteiger partial charge in [-0.05, 0) is 40.3 Å². The van der Waals surface area contributed by atoms with E-state index in [2.05, 4.69) is 20.3 Å². The number of nitrogens with zero attached hydrogens (tertiary/aromatic N) is 4. The fraction of sp³-hybridized carbons (Fsp3) is 0. The van der Waals surface area contributed by atoms with Crippen molar-refractivity contribution in [3.05, 3.63) is 43.2 Å². The molecule has 1 N–H and O–H groups in total. The minimum Gasteiger partial charge on any atom is -0.323 e. The lowest BCUT2D eigenvalue weighted by atomic mass is 10.2. The molecule has 0 aliphatic rings. The summed E-state index contributed by atoms with van der Waals surface area (Å²) in [5, 5.41) is 13.4. The van der Waals surface area contributed by atoms with E-state index in [0.29, 0.717) is 9.26 Å². The maximum Gasteiger partial charge on any atom is 0.306 e. The molecule has 0 spiro atoms. The number of nitrogens with one attached hydrogen (secondary N) is 1. The molecule has 0 saturated heterocycles. The molecule has 0 amide bonds. The molecule has 0 fully saturated rings. The van der Waals surface area contributed by atoms with Gasteiger partial charge in [0.2, 0.25) is 17.0 Å². The average Bonchev–Trinajstić information content (AvgIpc) is 2.32. The lowest BCUT2D eigenvalue weighted by Gasteiger charge is -2.07. The quantitative estimate of drug-likeness (QED) is 0.488. The number of aromatic nitrogens is 3. The SMILES string of the molecule is O=[N+]([O-])c1cc(Nc2ncnc(Cl)n2)c(I)cc1F. The van der Waals surface area contributed by atoms with Crippen molar-refractivity contribution < 1.29 is 9.31 Å². The van der Waals surface area contributed by atoms with E-state index in [4.69, 9.17) is 11.6 Å². The van der Waals surface area contributed by atoms with Crippen LogP contribution in [0.4, 0.5) is 21.7 Å². The van der Waals surface area contributed by atoms with Gasteiger partial charge in [-0.2, -0.15) is 9.37 Å². The van der Waals surface area contributed by atoms with Crippen LogP contribution < -0.4 is 5.32 Å². The van der Waals surface area contributed by atoms with Crippen LogP contribution in [0.3, 0.4) is 0 Å². The van der Waals surface area contributed by atoms with Gasteiger partial charge < -0.3 is 5.32 Å². The van der Waals surface area contributed by atoms with Crippen molar-refractivity contribution in [2.45, 2.75) is 0 Å². The molecular formula is C9H4ClFIN5O2. The molecule has 1 aromatic carbocycles. The number of halogens is 3. The van der Waals surface area contributed by atoms with Crippen molar-refractivity contribution in [1.82, 2.24) is 15.0 Å². The summed E-state index contributed by atoms with van der Waals surface area (Å²) in [6, 6.07) is 2.11. The Hall–Kier alpha value is -1.62. The lowest BCUT2D eigenvalue weighted by Crippen LogP contribution is -2.02. The Morgan fingerprint density at radius 2 is 2.16 bits per heavy atom. The highest BCUT2D eigenvalue weighted by Crippen LogP contribution is 2.28. The highest BCUT2D eigenvalue weighted by molar-refractivity contribution is 14.1. The third-order valence-corrected chi connectivity index (χ3v) is 3.10. The molecule has 0 bridgehead atoms. The Bertz CT molecular complexity index is 657. The predicted molar refractivity (Wildman–Crippen MR) is 73.9 cm³/mol. The van der Waals surface area contributed by atoms with Gasteiger partial charge in [0.25, 0.3) is 0 Å². The van der Waals surface area contributed by atoms with Gasteiger partial charge in [-0.25, -0.2) is 9.97 Å². The zero-order chi connectivity index (χ0) is 14.0. The zero-order valence-corrected chi connectivity index (χ0v) is 11.9. The Balaban J connectivity index is 2.40. The molecule has 0 aliphatic heterocycles. The second kappa shape index (κ2) is 5.57. The summed E-state index contributed by atoms with van der Waals surface area (Å²) >= 11 is 7.42. The summed E-state index contributed by atoms with van der Waals surface area (Å²) in [7, 11) is 0. The number of rotatable bonds is 3. The number of anilines is 2. The van der Waals surface area contributed by atoms with Gasteiger partial charge in [0.1, 0.15) is 6.33 Å². The second-order valence-corrected chi connectivity index (χ2v) is 4.74. The summed E-state index contributed by atoms with van der Waals surface area (Å²) < 4.78 is 13.8. The second-order valence-electron chi connectivity index (χ2n) is 3.24. The van der Waals surface area contributed by atoms with Crippen molar-refractivity contribution in [1.29, 1.82) is 0 Å². The van der Waals surface area contributed by atoms with Crippen molar-refractivity contribution >= 4 is 51.5 Å². The average molecular weight is 396 g/mol. The molecular weight excluding hydrogens is 391 g/mol. The lowest BCUT2D eigenvalue weighted by molar-refractivity contribution is -0.387. The summed E-state index contributed by atoms with van der Waals surface area (Å²) in [4.78, 5) is 21.0. The smallest absolute Gasteiger partial charge is 0.306 e. The number of nitro groups is 1. The fourth-order valence-corrected chi connectivity index (χ4v) is 1.92. The third-order valence-electron chi connectivity index (χ3n) is 2.02. The highest BCUT2D eigenvalue weighted by Gasteiger charge is 2.17. The van der Waals surface area contributed by atoms with Crippen LogP contribution in [0, 0.1) is 19.5 Å². The normalized spacial score (nSPS) is 10.3. The van der Waals surface area contributed by atoms with E-state index in [0.717, 1.165) is 12.1 Å². The minimum absolute atomic E-state index is 0.0240. The molecule has 1 aromatic heterocycles. The molecule has 0 saturated carbocycles. The molecule has 2 aromatic rings. The first-order valence-electron chi connectivity index (χ1n) is 4.72. The number of hydrogen-bond acceptors (Lipinski definition) is 6. The summed E-state index contributed by atoms with van der Waals surface area (Å²) in [6.07, 6.45) is 1.18. The Morgan fingerprint density at radius 3 is 2.79 bits per heavy atom. The van der Waals surface area contributed by atoms with Crippen molar-refractivity contribution in [2.75, 3.05) is 5.32 Å². The zero-order valence-electron chi connectivity index (χ0n) is 8.97. The first-order valence-corrected chi connectivity index (χ1v) is 6.18. The summed E-state index contributed by atoms with van der Waals surface area (Å²) in [5.74, 6) is -0.799. The van der Waals surface area contributed by atoms with Gasteiger partial charge >= 0.3 is 5.69 Å². The molecule has 0 unspecified atom stereocenters. The van der Waals surface area contributed by atoms with Crippen molar-refractivity contribution in [3.8, 4) is 0 Å². The minimum atomic E-state index is -0.909. The molecule has 0 aliphatic carbocycles. The third kappa shape index (κ3) is 3.23. The predicted octanol–water partition coefficient (Wildman–Crippen LogP) is 2.92. The highest BCUT2D eigenvalue weighted by atomic mass is 127. The van der Waals surface area contributed by atoms with E-state index >= 15 is 0 Å². The van der Waals surface area contributed by atoms with Crippen molar-refractivity contribution in [2.24, 2.45) is 0 Å². The molecule has 98 valence electrons. The van der Waals surface area contributed by atoms with Crippen molar-refractivity contribution in [3.63, 3.8) is 0 Å². The fourth-order valence-electron chi connectivity index (χ4n) is 1.23. The largest absolute Gasteiger partial charge is 0.323 e. The Kier molecular flexibility index (Phi) is 4.04. The number of nitro benzene ring substituents is 1. The van der Waals surface area contributed by atoms with Crippen LogP contribution in [0.25, 0.3) is 0 Å². The van der Waals surface area contributed by atoms with Crippen LogP contribution in [0.1, 0.15) is 0 Å². The van der Waals surface area contributed by atoms with Crippen LogP contribution in [0.2, 0.25) is 5.28 Å². The van der Waals surface area contributed by atoms with E-state index in [9.17, 15) is 14.5 Å². The van der Waals surface area contributed by atoms with Crippen LogP contribution in [-0.2, 0) is 0 Å². The Morgan fingerprint density at radius 1 is 1.42 bits per heavy atom. The molecule has 19 heavy (non-hydrogen) atoms. The first-order chi connectivity index (χ1) is 8.97. The van der Waals surface area contributed by atoms with Crippen LogP contribution in [-0.4, -0.2) is 19.9 Å². The molecule has 1 heterocycles. The topological polar surface area (TPSA) is 93.8 Å². The Labute approximate surface area is 124 Å². The van der Waals surface area contributed by atoms with E-state index in [-0.39, 0.29) is 11.2 Å². The van der Waals surface area contributed by atoms with Gasteiger partial charge in [0, 0.05) is 9.64 Å². The van der Waals surface area contributed by atoms with Crippen LogP contribution >= 0.6 is 34.2 Å². The van der Waals surface area contributed by atoms with E-state index in [1.54, 1.807) is 0 Å². The molecule has 0 radical (unpaired) electrons. The molecule has 7 nitrogen and oxygen atoms in total. The van der Waals surface area contributed by atoms with Gasteiger partial charge in [0.05, 0.1) is 10.6 Å². The van der Waals surface area contributed by atoms with E-state index < -0.39 is 16.4 Å². The summed E-state index contributed by atoms with van der Waals surface area (Å²) in [5.41, 5.74) is -0.334. The van der Waals surface area contributed by atoms with E-state index in [1.165, 1.54) is 6.33 Å². The molecule has 0 atom stereocenters. The van der Waals surface area contributed by atoms with Crippen LogP contribution in [0.5, 0.6) is 0 Å². The maximum absolute atomic E-state index is 13.3. The molecule has 10 heteroatoms. The maximum atomic E-state index is 13.3.